The van der Waals surface area contributed by atoms with Gasteiger partial charge in [0.05, 0.1) is 12.9 Å². The number of nitrogens with two attached hydrogens (primary N) is 1. The standard InChI is InChI=1S/C17H26N6O4/c18-14-11-15(22-17(21-14)19-6-9-4-2-1-3-5-9)23(8-20-11)16-13(26)12(25)10(7-24)27-16/h8-10,12-13,16,24-26H,1-7H2,(H3,18,19,21,22)/t10-,12-,13-,16-/m1/s1. The van der Waals surface area contributed by atoms with E-state index in [2.05, 4.69) is 20.3 Å². The van der Waals surface area contributed by atoms with Crippen molar-refractivity contribution in [1.82, 2.24) is 19.5 Å². The first-order chi connectivity index (χ1) is 13.1. The fourth-order valence-corrected chi connectivity index (χ4v) is 3.94. The van der Waals surface area contributed by atoms with Crippen LogP contribution in [-0.2, 0) is 4.74 Å². The molecule has 2 aromatic heterocycles. The molecule has 3 heterocycles. The molecule has 6 N–H and O–H groups in total. The van der Waals surface area contributed by atoms with Crippen molar-refractivity contribution in [3.63, 3.8) is 0 Å². The molecular formula is C17H26N6O4. The van der Waals surface area contributed by atoms with Crippen LogP contribution in [0.4, 0.5) is 11.8 Å². The number of hydrogen-bond acceptors (Lipinski definition) is 9. The zero-order chi connectivity index (χ0) is 19.0. The number of nitrogens with zero attached hydrogens (tertiary/aromatic N) is 4. The second kappa shape index (κ2) is 7.55. The van der Waals surface area contributed by atoms with E-state index < -0.39 is 31.1 Å². The lowest BCUT2D eigenvalue weighted by Crippen LogP contribution is -2.33. The van der Waals surface area contributed by atoms with Crippen LogP contribution in [0.3, 0.4) is 0 Å². The summed E-state index contributed by atoms with van der Waals surface area (Å²) in [6.07, 6.45) is 3.47. The van der Waals surface area contributed by atoms with Crippen molar-refractivity contribution in [3.05, 3.63) is 6.33 Å². The third-order valence-corrected chi connectivity index (χ3v) is 5.51. The Morgan fingerprint density at radius 3 is 2.67 bits per heavy atom. The van der Waals surface area contributed by atoms with Gasteiger partial charge >= 0.3 is 0 Å². The number of aliphatic hydroxyl groups excluding tert-OH is 3. The fourth-order valence-electron chi connectivity index (χ4n) is 3.94. The highest BCUT2D eigenvalue weighted by Gasteiger charge is 2.44. The Kier molecular flexibility index (Phi) is 5.13. The Morgan fingerprint density at radius 1 is 1.19 bits per heavy atom. The average Bonchev–Trinajstić information content (AvgIpc) is 3.23. The van der Waals surface area contributed by atoms with Crippen LogP contribution >= 0.6 is 0 Å². The number of nitrogen functional groups attached to an aromatic ring is 1. The van der Waals surface area contributed by atoms with Gasteiger partial charge < -0.3 is 31.1 Å². The summed E-state index contributed by atoms with van der Waals surface area (Å²) in [4.78, 5) is 13.0. The van der Waals surface area contributed by atoms with E-state index in [4.69, 9.17) is 10.5 Å². The molecule has 0 unspecified atom stereocenters. The highest BCUT2D eigenvalue weighted by atomic mass is 16.6. The van der Waals surface area contributed by atoms with Gasteiger partial charge in [-0.3, -0.25) is 4.57 Å². The van der Waals surface area contributed by atoms with E-state index in [0.717, 1.165) is 6.54 Å². The third kappa shape index (κ3) is 3.45. The molecule has 4 atom stereocenters. The van der Waals surface area contributed by atoms with Gasteiger partial charge in [-0.05, 0) is 18.8 Å². The summed E-state index contributed by atoms with van der Waals surface area (Å²) in [5, 5.41) is 32.8. The number of imidazole rings is 1. The summed E-state index contributed by atoms with van der Waals surface area (Å²) in [5.74, 6) is 1.24. The number of fused-ring (bicyclic) bond motifs is 1. The molecule has 2 aromatic rings. The predicted molar refractivity (Wildman–Crippen MR) is 97.8 cm³/mol. The van der Waals surface area contributed by atoms with Crippen molar-refractivity contribution >= 4 is 22.9 Å². The van der Waals surface area contributed by atoms with Crippen molar-refractivity contribution in [2.45, 2.75) is 56.6 Å². The van der Waals surface area contributed by atoms with Gasteiger partial charge in [0.15, 0.2) is 17.7 Å². The molecule has 2 aliphatic rings. The van der Waals surface area contributed by atoms with Crippen molar-refractivity contribution in [2.75, 3.05) is 24.2 Å². The molecule has 0 aromatic carbocycles. The Labute approximate surface area is 156 Å². The minimum Gasteiger partial charge on any atom is -0.394 e. The highest BCUT2D eigenvalue weighted by molar-refractivity contribution is 5.83. The van der Waals surface area contributed by atoms with Crippen molar-refractivity contribution in [3.8, 4) is 0 Å². The van der Waals surface area contributed by atoms with Crippen molar-refractivity contribution in [1.29, 1.82) is 0 Å². The third-order valence-electron chi connectivity index (χ3n) is 5.51. The van der Waals surface area contributed by atoms with E-state index in [1.54, 1.807) is 0 Å². The fraction of sp³-hybridized carbons (Fsp3) is 0.706. The summed E-state index contributed by atoms with van der Waals surface area (Å²) in [7, 11) is 0. The Hall–Kier alpha value is -2.01. The minimum absolute atomic E-state index is 0.233. The van der Waals surface area contributed by atoms with Gasteiger partial charge in [0, 0.05) is 6.54 Å². The molecule has 1 saturated heterocycles. The minimum atomic E-state index is -1.21. The first-order valence-corrected chi connectivity index (χ1v) is 9.45. The number of nitrogens with one attached hydrogen (secondary N) is 1. The lowest BCUT2D eigenvalue weighted by Gasteiger charge is -2.21. The van der Waals surface area contributed by atoms with E-state index in [1.807, 2.05) is 0 Å². The van der Waals surface area contributed by atoms with E-state index in [0.29, 0.717) is 23.0 Å². The lowest BCUT2D eigenvalue weighted by atomic mass is 9.89. The zero-order valence-electron chi connectivity index (χ0n) is 15.0. The maximum Gasteiger partial charge on any atom is 0.226 e. The SMILES string of the molecule is Nc1nc(NCC2CCCCC2)nc2c1ncn2[C@@H]1O[C@H](CO)[C@@H](O)[C@H]1O. The molecule has 10 heteroatoms. The molecule has 0 amide bonds. The number of aromatic nitrogens is 4. The highest BCUT2D eigenvalue weighted by Crippen LogP contribution is 2.32. The number of hydrogen-bond donors (Lipinski definition) is 5. The summed E-state index contributed by atoms with van der Waals surface area (Å²) in [6, 6.07) is 0. The van der Waals surface area contributed by atoms with Crippen LogP contribution in [0.1, 0.15) is 38.3 Å². The summed E-state index contributed by atoms with van der Waals surface area (Å²) < 4.78 is 7.09. The van der Waals surface area contributed by atoms with Gasteiger partial charge in [0.1, 0.15) is 23.8 Å². The predicted octanol–water partition coefficient (Wildman–Crippen LogP) is 0.0122. The quantitative estimate of drug-likeness (QED) is 0.484. The van der Waals surface area contributed by atoms with Gasteiger partial charge in [-0.2, -0.15) is 9.97 Å². The topological polar surface area (TPSA) is 152 Å². The second-order valence-electron chi connectivity index (χ2n) is 7.37. The van der Waals surface area contributed by atoms with Crippen LogP contribution < -0.4 is 11.1 Å². The molecule has 1 saturated carbocycles. The molecular weight excluding hydrogens is 352 g/mol. The van der Waals surface area contributed by atoms with Gasteiger partial charge in [-0.1, -0.05) is 19.3 Å². The van der Waals surface area contributed by atoms with Crippen LogP contribution in [0.5, 0.6) is 0 Å². The number of rotatable bonds is 5. The summed E-state index contributed by atoms with van der Waals surface area (Å²) in [6.45, 7) is 0.389. The van der Waals surface area contributed by atoms with Crippen molar-refractivity contribution < 1.29 is 20.1 Å². The average molecular weight is 378 g/mol. The van der Waals surface area contributed by atoms with Gasteiger partial charge in [-0.15, -0.1) is 0 Å². The van der Waals surface area contributed by atoms with E-state index >= 15 is 0 Å². The number of ether oxygens (including phenoxy) is 1. The smallest absolute Gasteiger partial charge is 0.226 e. The van der Waals surface area contributed by atoms with Crippen LogP contribution in [0.25, 0.3) is 11.2 Å². The molecule has 27 heavy (non-hydrogen) atoms. The Balaban J connectivity index is 1.58. The molecule has 4 rings (SSSR count). The zero-order valence-corrected chi connectivity index (χ0v) is 15.0. The number of aliphatic hydroxyl groups is 3. The first-order valence-electron chi connectivity index (χ1n) is 9.45. The molecule has 1 aliphatic heterocycles. The molecule has 10 nitrogen and oxygen atoms in total. The lowest BCUT2D eigenvalue weighted by molar-refractivity contribution is -0.0511. The maximum atomic E-state index is 10.3. The van der Waals surface area contributed by atoms with Gasteiger partial charge in [0.25, 0.3) is 0 Å². The largest absolute Gasteiger partial charge is 0.394 e. The van der Waals surface area contributed by atoms with Crippen LogP contribution in [0, 0.1) is 5.92 Å². The van der Waals surface area contributed by atoms with E-state index in [1.165, 1.54) is 43.0 Å². The maximum absolute atomic E-state index is 10.3. The van der Waals surface area contributed by atoms with Gasteiger partial charge in [-0.25, -0.2) is 4.98 Å². The molecule has 0 radical (unpaired) electrons. The molecule has 2 fully saturated rings. The molecule has 1 aliphatic carbocycles. The molecule has 0 bridgehead atoms. The monoisotopic (exact) mass is 378 g/mol. The van der Waals surface area contributed by atoms with E-state index in [9.17, 15) is 15.3 Å². The Bertz CT molecular complexity index is 793. The Morgan fingerprint density at radius 2 is 1.96 bits per heavy atom. The van der Waals surface area contributed by atoms with Crippen LogP contribution in [-0.4, -0.2) is 66.3 Å². The second-order valence-corrected chi connectivity index (χ2v) is 7.37. The van der Waals surface area contributed by atoms with Crippen LogP contribution in [0.15, 0.2) is 6.33 Å². The normalized spacial score (nSPS) is 29.4. The van der Waals surface area contributed by atoms with Crippen molar-refractivity contribution in [2.24, 2.45) is 5.92 Å². The van der Waals surface area contributed by atoms with Crippen LogP contribution in [0.2, 0.25) is 0 Å². The first kappa shape index (κ1) is 18.4. The molecule has 148 valence electrons. The molecule has 0 spiro atoms. The van der Waals surface area contributed by atoms with E-state index in [-0.39, 0.29) is 5.82 Å². The van der Waals surface area contributed by atoms with Gasteiger partial charge in [0.2, 0.25) is 5.95 Å². The number of anilines is 2. The summed E-state index contributed by atoms with van der Waals surface area (Å²) >= 11 is 0. The summed E-state index contributed by atoms with van der Waals surface area (Å²) in [5.41, 5.74) is 6.84.